The summed E-state index contributed by atoms with van der Waals surface area (Å²) in [5.74, 6) is 0.507. The molecule has 1 fully saturated rings. The second-order valence-electron chi connectivity index (χ2n) is 4.14. The van der Waals surface area contributed by atoms with Crippen LogP contribution in [-0.4, -0.2) is 40.0 Å². The molecule has 88 valence electrons. The van der Waals surface area contributed by atoms with Gasteiger partial charge in [0.1, 0.15) is 0 Å². The molecule has 6 heteroatoms. The van der Waals surface area contributed by atoms with Crippen LogP contribution >= 0.6 is 0 Å². The molecule has 0 bridgehead atoms. The molecule has 0 spiro atoms. The first-order chi connectivity index (χ1) is 7.72. The molecular weight excluding hydrogens is 208 g/mol. The van der Waals surface area contributed by atoms with Crippen LogP contribution in [0.2, 0.25) is 0 Å². The van der Waals surface area contributed by atoms with Crippen molar-refractivity contribution >= 4 is 12.2 Å². The lowest BCUT2D eigenvalue weighted by atomic mass is 9.92. The minimum absolute atomic E-state index is 0.467. The third-order valence-electron chi connectivity index (χ3n) is 2.84. The average molecular weight is 224 g/mol. The van der Waals surface area contributed by atoms with Crippen molar-refractivity contribution in [1.29, 1.82) is 0 Å². The quantitative estimate of drug-likeness (QED) is 0.606. The number of hydrogen-bond acceptors (Lipinski definition) is 4. The zero-order valence-electron chi connectivity index (χ0n) is 9.02. The lowest BCUT2D eigenvalue weighted by Crippen LogP contribution is -2.44. The summed E-state index contributed by atoms with van der Waals surface area (Å²) in [6.07, 6.45) is 3.80. The van der Waals surface area contributed by atoms with E-state index in [1.54, 1.807) is 16.9 Å². The summed E-state index contributed by atoms with van der Waals surface area (Å²) in [5, 5.41) is 20.1. The first-order valence-corrected chi connectivity index (χ1v) is 5.39. The Labute approximate surface area is 93.6 Å². The van der Waals surface area contributed by atoms with Crippen molar-refractivity contribution in [3.05, 3.63) is 12.3 Å². The Balaban J connectivity index is 1.98. The zero-order chi connectivity index (χ0) is 11.4. The van der Waals surface area contributed by atoms with Gasteiger partial charge < -0.3 is 15.7 Å². The maximum atomic E-state index is 10.3. The molecule has 0 unspecified atom stereocenters. The molecule has 6 nitrogen and oxygen atoms in total. The third kappa shape index (κ3) is 2.59. The van der Waals surface area contributed by atoms with E-state index < -0.39 is 5.60 Å². The van der Waals surface area contributed by atoms with Crippen LogP contribution in [0.1, 0.15) is 12.8 Å². The molecule has 1 aromatic heterocycles. The molecule has 1 saturated heterocycles. The van der Waals surface area contributed by atoms with Crippen molar-refractivity contribution in [3.8, 4) is 0 Å². The first-order valence-electron chi connectivity index (χ1n) is 5.39. The van der Waals surface area contributed by atoms with Crippen molar-refractivity contribution in [2.24, 2.45) is 0 Å². The molecule has 0 atom stereocenters. The Morgan fingerprint density at radius 1 is 1.62 bits per heavy atom. The summed E-state index contributed by atoms with van der Waals surface area (Å²) in [6.45, 7) is 2.13. The van der Waals surface area contributed by atoms with E-state index in [9.17, 15) is 9.90 Å². The van der Waals surface area contributed by atoms with Crippen molar-refractivity contribution in [1.82, 2.24) is 15.1 Å². The van der Waals surface area contributed by atoms with Crippen LogP contribution in [-0.2, 0) is 11.3 Å². The number of nitrogens with zero attached hydrogens (tertiary/aromatic N) is 2. The molecule has 1 aromatic rings. The summed E-state index contributed by atoms with van der Waals surface area (Å²) in [7, 11) is 0. The van der Waals surface area contributed by atoms with Gasteiger partial charge in [-0.25, -0.2) is 0 Å². The summed E-state index contributed by atoms with van der Waals surface area (Å²) >= 11 is 0. The molecule has 3 N–H and O–H groups in total. The van der Waals surface area contributed by atoms with Gasteiger partial charge in [0, 0.05) is 12.3 Å². The molecular formula is C10H16N4O2. The van der Waals surface area contributed by atoms with E-state index in [-0.39, 0.29) is 0 Å². The zero-order valence-corrected chi connectivity index (χ0v) is 9.02. The van der Waals surface area contributed by atoms with E-state index in [0.717, 1.165) is 25.9 Å². The van der Waals surface area contributed by atoms with Gasteiger partial charge in [-0.05, 0) is 25.9 Å². The van der Waals surface area contributed by atoms with E-state index in [1.807, 2.05) is 0 Å². The first kappa shape index (κ1) is 11.1. The fourth-order valence-electron chi connectivity index (χ4n) is 1.94. The lowest BCUT2D eigenvalue weighted by molar-refractivity contribution is -0.105. The van der Waals surface area contributed by atoms with E-state index in [2.05, 4.69) is 15.7 Å². The number of amides is 1. The van der Waals surface area contributed by atoms with Crippen molar-refractivity contribution in [2.45, 2.75) is 25.0 Å². The summed E-state index contributed by atoms with van der Waals surface area (Å²) in [4.78, 5) is 10.2. The smallest absolute Gasteiger partial charge is 0.212 e. The van der Waals surface area contributed by atoms with Crippen molar-refractivity contribution in [2.75, 3.05) is 18.4 Å². The molecule has 1 aliphatic heterocycles. The third-order valence-corrected chi connectivity index (χ3v) is 2.84. The number of carbonyl (C=O) groups excluding carboxylic acids is 1. The van der Waals surface area contributed by atoms with Gasteiger partial charge in [-0.2, -0.15) is 5.10 Å². The van der Waals surface area contributed by atoms with Gasteiger partial charge in [0.2, 0.25) is 6.41 Å². The van der Waals surface area contributed by atoms with Gasteiger partial charge in [0.15, 0.2) is 5.82 Å². The Kier molecular flexibility index (Phi) is 3.21. The average Bonchev–Trinajstić information content (AvgIpc) is 2.66. The van der Waals surface area contributed by atoms with Gasteiger partial charge in [-0.15, -0.1) is 0 Å². The molecule has 0 aromatic carbocycles. The topological polar surface area (TPSA) is 79.2 Å². The normalized spacial score (nSPS) is 19.3. The molecule has 0 radical (unpaired) electrons. The number of nitrogens with one attached hydrogen (secondary N) is 2. The van der Waals surface area contributed by atoms with E-state index >= 15 is 0 Å². The largest absolute Gasteiger partial charge is 0.388 e. The predicted octanol–water partition coefficient (Wildman–Crippen LogP) is -0.434. The summed E-state index contributed by atoms with van der Waals surface area (Å²) in [5.41, 5.74) is -0.685. The van der Waals surface area contributed by atoms with Crippen molar-refractivity contribution in [3.63, 3.8) is 0 Å². The predicted molar refractivity (Wildman–Crippen MR) is 59.0 cm³/mol. The molecule has 2 rings (SSSR count). The Hall–Kier alpha value is -1.40. The molecule has 0 aliphatic carbocycles. The standard InChI is InChI=1S/C10H16N4O2/c15-8-12-9-1-6-14(13-9)7-10(16)2-4-11-5-3-10/h1,6,8,11,16H,2-5,7H2,(H,12,13,15). The second kappa shape index (κ2) is 4.63. The van der Waals surface area contributed by atoms with E-state index in [4.69, 9.17) is 0 Å². The number of aliphatic hydroxyl groups is 1. The monoisotopic (exact) mass is 224 g/mol. The number of aromatic nitrogens is 2. The number of anilines is 1. The van der Waals surface area contributed by atoms with Crippen LogP contribution in [0.3, 0.4) is 0 Å². The van der Waals surface area contributed by atoms with Crippen LogP contribution in [0.25, 0.3) is 0 Å². The molecule has 16 heavy (non-hydrogen) atoms. The molecule has 1 aliphatic rings. The maximum Gasteiger partial charge on any atom is 0.212 e. The van der Waals surface area contributed by atoms with Gasteiger partial charge in [0.25, 0.3) is 0 Å². The summed E-state index contributed by atoms with van der Waals surface area (Å²) < 4.78 is 1.66. The number of hydrogen-bond donors (Lipinski definition) is 3. The Bertz CT molecular complexity index is 357. The number of carbonyl (C=O) groups is 1. The van der Waals surface area contributed by atoms with Gasteiger partial charge >= 0.3 is 0 Å². The minimum atomic E-state index is -0.685. The SMILES string of the molecule is O=CNc1ccn(CC2(O)CCNCC2)n1. The highest BCUT2D eigenvalue weighted by Gasteiger charge is 2.29. The van der Waals surface area contributed by atoms with E-state index in [0.29, 0.717) is 18.8 Å². The van der Waals surface area contributed by atoms with Gasteiger partial charge in [-0.1, -0.05) is 0 Å². The summed E-state index contributed by atoms with van der Waals surface area (Å²) in [6, 6.07) is 1.71. The van der Waals surface area contributed by atoms with Gasteiger partial charge in [-0.3, -0.25) is 9.48 Å². The van der Waals surface area contributed by atoms with Crippen LogP contribution in [0.15, 0.2) is 12.3 Å². The van der Waals surface area contributed by atoms with Gasteiger partial charge in [0.05, 0.1) is 12.1 Å². The fourth-order valence-corrected chi connectivity index (χ4v) is 1.94. The molecule has 2 heterocycles. The number of piperidine rings is 1. The molecule has 1 amide bonds. The lowest BCUT2D eigenvalue weighted by Gasteiger charge is -2.32. The Morgan fingerprint density at radius 3 is 3.06 bits per heavy atom. The van der Waals surface area contributed by atoms with Crippen molar-refractivity contribution < 1.29 is 9.90 Å². The van der Waals surface area contributed by atoms with Crippen LogP contribution in [0.5, 0.6) is 0 Å². The highest BCUT2D eigenvalue weighted by molar-refractivity contribution is 5.68. The van der Waals surface area contributed by atoms with Crippen LogP contribution < -0.4 is 10.6 Å². The van der Waals surface area contributed by atoms with E-state index in [1.165, 1.54) is 0 Å². The fraction of sp³-hybridized carbons (Fsp3) is 0.600. The van der Waals surface area contributed by atoms with Crippen LogP contribution in [0.4, 0.5) is 5.82 Å². The second-order valence-corrected chi connectivity index (χ2v) is 4.14. The number of rotatable bonds is 4. The Morgan fingerprint density at radius 2 is 2.38 bits per heavy atom. The highest BCUT2D eigenvalue weighted by Crippen LogP contribution is 2.20. The highest BCUT2D eigenvalue weighted by atomic mass is 16.3. The molecule has 0 saturated carbocycles. The minimum Gasteiger partial charge on any atom is -0.388 e. The maximum absolute atomic E-state index is 10.3. The van der Waals surface area contributed by atoms with Crippen LogP contribution in [0, 0.1) is 0 Å².